The summed E-state index contributed by atoms with van der Waals surface area (Å²) in [4.78, 5) is 84.0. The number of para-hydroxylation sites is 4. The van der Waals surface area contributed by atoms with E-state index < -0.39 is 24.4 Å². The molecule has 4 amide bonds. The summed E-state index contributed by atoms with van der Waals surface area (Å²) in [5.74, 6) is 4.17. The minimum absolute atomic E-state index is 0.185. The number of nitrogens with one attached hydrogen (secondary N) is 4. The van der Waals surface area contributed by atoms with Gasteiger partial charge in [0.1, 0.15) is 46.0 Å². The summed E-state index contributed by atoms with van der Waals surface area (Å²) < 4.78 is 55.3. The number of hydrogen-bond donors (Lipinski definition) is 4. The van der Waals surface area contributed by atoms with Gasteiger partial charge in [-0.1, -0.05) is 197 Å². The lowest BCUT2D eigenvalue weighted by molar-refractivity contribution is -0.126. The quantitative estimate of drug-likeness (QED) is 0.0437. The lowest BCUT2D eigenvalue weighted by atomic mass is 9.90. The number of carbonyl (C=O) groups excluding carboxylic acids is 4. The predicted molar refractivity (Wildman–Crippen MR) is 512 cm³/mol. The summed E-state index contributed by atoms with van der Waals surface area (Å²) in [6.45, 7) is 20.2. The lowest BCUT2D eigenvalue weighted by Gasteiger charge is -2.24. The third kappa shape index (κ3) is 20.6. The lowest BCUT2D eigenvalue weighted by Crippen LogP contribution is -2.28. The van der Waals surface area contributed by atoms with Crippen LogP contribution in [0.5, 0.6) is 46.0 Å². The van der Waals surface area contributed by atoms with E-state index in [0.29, 0.717) is 196 Å². The van der Waals surface area contributed by atoms with Gasteiger partial charge in [-0.2, -0.15) is 0 Å². The average molecular weight is 1780 g/mol. The van der Waals surface area contributed by atoms with E-state index in [0.717, 1.165) is 163 Å². The van der Waals surface area contributed by atoms with Crippen molar-refractivity contribution in [2.45, 2.75) is 208 Å². The van der Waals surface area contributed by atoms with E-state index >= 15 is 0 Å². The normalized spacial score (nSPS) is 17.3. The Bertz CT molecular complexity index is 5170. The number of amides is 4. The first-order chi connectivity index (χ1) is 64.6. The van der Waals surface area contributed by atoms with Crippen molar-refractivity contribution < 1.29 is 76.4 Å². The van der Waals surface area contributed by atoms with Crippen LogP contribution in [0.25, 0.3) is 0 Å². The van der Waals surface area contributed by atoms with E-state index in [1.165, 1.54) is 0 Å². The molecule has 24 nitrogen and oxygen atoms in total. The fraction of sp³-hybridized carbons (Fsp3) is 0.370. The molecule has 684 valence electrons. The second-order valence-electron chi connectivity index (χ2n) is 34.8. The smallest absolute Gasteiger partial charge is 0.268 e. The standard InChI is InChI=1S/C108H116N8O16/c1-9-37-121-97-69-21-17-22-70(97)46-78-54-86-56-80(102(78)126-42-14-6)48-72-24-18-23-71(98(72)122-38-10-2)47-79-55-85(53-77(45-69)101(79)125-41-13-5)109-105(117)93-61-89(113-129-93)65-29-33-67(34-30-65)91-63-95(131-115-91)107(119)111-87-57-81-49-73-25-19-26-74(99(73)123-39-11-3)50-82-58-88(112-108(120)96-64-92(116-132-96)68-35-31-66(32-36-68)90-62-94(130-114-90)106(118)110-86)60-84(104(82)128-44-16-8)52-76-28-20-27-75(100(76)124-40-12-4)51-83(59-87)103(81)127-43-15-7/h17-36,53-60,93-96H,9-16,37-52,61-64H2,1-8H3,(H,109,117)(H,110,118)(H,111,119)(H,112,120). The Labute approximate surface area is 771 Å². The highest BCUT2D eigenvalue weighted by Gasteiger charge is 2.37. The van der Waals surface area contributed by atoms with E-state index in [9.17, 15) is 19.2 Å². The number of anilines is 4. The number of carbonyl (C=O) groups is 4. The minimum atomic E-state index is -0.972. The molecule has 12 aliphatic heterocycles. The molecule has 14 aliphatic rings. The average Bonchev–Trinajstić information content (AvgIpc) is 0.800. The molecule has 32 bridgehead atoms. The monoisotopic (exact) mass is 1780 g/mol. The predicted octanol–water partition coefficient (Wildman–Crippen LogP) is 20.2. The Kier molecular flexibility index (Phi) is 28.8. The Balaban J connectivity index is 0.738. The number of oxime groups is 4. The zero-order chi connectivity index (χ0) is 91.1. The third-order valence-electron chi connectivity index (χ3n) is 24.4. The van der Waals surface area contributed by atoms with Crippen molar-refractivity contribution >= 4 is 69.2 Å². The summed E-state index contributed by atoms with van der Waals surface area (Å²) in [7, 11) is 0. The van der Waals surface area contributed by atoms with Crippen molar-refractivity contribution in [3.05, 3.63) is 281 Å². The molecule has 0 saturated carbocycles. The number of nitrogens with zero attached hydrogens (tertiary/aromatic N) is 4. The van der Waals surface area contributed by atoms with Gasteiger partial charge in [-0.3, -0.25) is 19.2 Å². The fourth-order valence-electron chi connectivity index (χ4n) is 18.1. The van der Waals surface area contributed by atoms with Crippen LogP contribution in [0.3, 0.4) is 0 Å². The molecule has 4 N–H and O–H groups in total. The molecule has 24 rings (SSSR count). The SMILES string of the molecule is CCCOc1c2cccc1Cc1cc3cc(c1OCCC)Cc1cccc(c1OCCC)Cc1cc(cc(c1OCCC)C2)NC(=O)C1CC(=NO1)c1ccc(cc1)C1=NOC(C1)C(=O)Nc1cc2c(OCCC)c(c1)Cc1cccc(c1OCCC)Cc1cc(cc(c1OCCC)Cc1cccc(c1OCCC)C2)NC(=O)C1CC(=NO1)c1ccc(cc1)C1=NOC(C1)C(=O)N3. The van der Waals surface area contributed by atoms with Crippen LogP contribution in [0.15, 0.2) is 190 Å². The maximum absolute atomic E-state index is 14.9. The van der Waals surface area contributed by atoms with Gasteiger partial charge < -0.3 is 78.5 Å². The van der Waals surface area contributed by atoms with Gasteiger partial charge in [-0.25, -0.2) is 0 Å². The summed E-state index contributed by atoms with van der Waals surface area (Å²) in [5, 5.41) is 31.2. The first-order valence-electron chi connectivity index (χ1n) is 47.1. The molecule has 24 heteroatoms. The van der Waals surface area contributed by atoms with Crippen LogP contribution in [0.2, 0.25) is 0 Å². The first-order valence-corrected chi connectivity index (χ1v) is 47.1. The second kappa shape index (κ2) is 42.1. The molecule has 0 aromatic heterocycles. The molecule has 132 heavy (non-hydrogen) atoms. The van der Waals surface area contributed by atoms with Crippen LogP contribution in [0.1, 0.15) is 244 Å². The van der Waals surface area contributed by atoms with Gasteiger partial charge in [0.05, 0.1) is 75.7 Å². The molecule has 0 spiro atoms. The Morgan fingerprint density at radius 1 is 0.235 bits per heavy atom. The molecule has 10 aromatic rings. The van der Waals surface area contributed by atoms with Gasteiger partial charge in [0.2, 0.25) is 24.4 Å². The highest BCUT2D eigenvalue weighted by Crippen LogP contribution is 2.46. The van der Waals surface area contributed by atoms with E-state index in [2.05, 4.69) is 146 Å². The molecule has 0 fully saturated rings. The number of rotatable bonds is 24. The van der Waals surface area contributed by atoms with E-state index in [1.54, 1.807) is 0 Å². The maximum Gasteiger partial charge on any atom is 0.268 e. The molecule has 0 radical (unpaired) electrons. The number of ether oxygens (including phenoxy) is 8. The summed E-state index contributed by atoms with van der Waals surface area (Å²) in [5.41, 5.74) is 21.4. The van der Waals surface area contributed by atoms with Crippen molar-refractivity contribution in [3.8, 4) is 46.0 Å². The van der Waals surface area contributed by atoms with Crippen LogP contribution in [-0.2, 0) is 89.9 Å². The number of benzene rings is 10. The van der Waals surface area contributed by atoms with Crippen LogP contribution >= 0.6 is 0 Å². The Morgan fingerprint density at radius 3 is 0.538 bits per heavy atom. The summed E-state index contributed by atoms with van der Waals surface area (Å²) >= 11 is 0. The van der Waals surface area contributed by atoms with Gasteiger partial charge in [-0.05, 0) is 167 Å². The van der Waals surface area contributed by atoms with Crippen LogP contribution in [0, 0.1) is 0 Å². The van der Waals surface area contributed by atoms with E-state index in [-0.39, 0.29) is 49.3 Å². The van der Waals surface area contributed by atoms with Gasteiger partial charge in [-0.15, -0.1) is 0 Å². The topological polar surface area (TPSA) is 277 Å². The first kappa shape index (κ1) is 90.3. The largest absolute Gasteiger partial charge is 0.493 e. The van der Waals surface area contributed by atoms with Gasteiger partial charge in [0, 0.05) is 144 Å². The van der Waals surface area contributed by atoms with Crippen LogP contribution in [-0.4, -0.2) is 124 Å². The Morgan fingerprint density at radius 2 is 0.386 bits per heavy atom. The number of hydrogen-bond acceptors (Lipinski definition) is 20. The molecule has 4 unspecified atom stereocenters. The molecule has 0 saturated heterocycles. The minimum Gasteiger partial charge on any atom is -0.493 e. The van der Waals surface area contributed by atoms with Gasteiger partial charge >= 0.3 is 0 Å². The van der Waals surface area contributed by atoms with Crippen molar-refractivity contribution in [3.63, 3.8) is 0 Å². The second-order valence-corrected chi connectivity index (χ2v) is 34.8. The van der Waals surface area contributed by atoms with Crippen molar-refractivity contribution in [1.29, 1.82) is 0 Å². The third-order valence-corrected chi connectivity index (χ3v) is 24.4. The van der Waals surface area contributed by atoms with E-state index in [1.807, 2.05) is 121 Å². The van der Waals surface area contributed by atoms with Crippen molar-refractivity contribution in [1.82, 2.24) is 0 Å². The summed E-state index contributed by atoms with van der Waals surface area (Å²) in [6.07, 6.45) is 5.67. The molecular formula is C108H116N8O16. The van der Waals surface area contributed by atoms with Gasteiger partial charge in [0.15, 0.2) is 0 Å². The summed E-state index contributed by atoms with van der Waals surface area (Å²) in [6, 6.07) is 56.2. The van der Waals surface area contributed by atoms with Gasteiger partial charge in [0.25, 0.3) is 23.6 Å². The fourth-order valence-corrected chi connectivity index (χ4v) is 18.1. The molecule has 2 aliphatic carbocycles. The zero-order valence-electron chi connectivity index (χ0n) is 76.6. The maximum atomic E-state index is 14.9. The van der Waals surface area contributed by atoms with Crippen molar-refractivity contribution in [2.75, 3.05) is 74.1 Å². The highest BCUT2D eigenvalue weighted by atomic mass is 16.7. The zero-order valence-corrected chi connectivity index (χ0v) is 76.6. The van der Waals surface area contributed by atoms with Crippen molar-refractivity contribution in [2.24, 2.45) is 20.6 Å². The van der Waals surface area contributed by atoms with Crippen LogP contribution < -0.4 is 59.2 Å². The molecular weight excluding hydrogens is 1670 g/mol. The van der Waals surface area contributed by atoms with Crippen LogP contribution in [0.4, 0.5) is 22.7 Å². The highest BCUT2D eigenvalue weighted by molar-refractivity contribution is 6.11. The molecule has 4 atom stereocenters. The molecule has 12 heterocycles. The molecule has 10 aromatic carbocycles. The van der Waals surface area contributed by atoms with E-state index in [4.69, 9.17) is 57.2 Å². The Hall–Kier alpha value is -13.6.